The Balaban J connectivity index is 1.77. The van der Waals surface area contributed by atoms with Crippen molar-refractivity contribution < 1.29 is 23.8 Å². The van der Waals surface area contributed by atoms with Gasteiger partial charge in [0.1, 0.15) is 12.4 Å². The first kappa shape index (κ1) is 21.2. The van der Waals surface area contributed by atoms with Gasteiger partial charge in [-0.3, -0.25) is 9.59 Å². The molecule has 0 N–H and O–H groups in total. The molecule has 0 radical (unpaired) electrons. The molecule has 1 aromatic carbocycles. The van der Waals surface area contributed by atoms with Crippen LogP contribution in [0.25, 0.3) is 0 Å². The van der Waals surface area contributed by atoms with Crippen molar-refractivity contribution in [1.82, 2.24) is 9.80 Å². The summed E-state index contributed by atoms with van der Waals surface area (Å²) in [5, 5.41) is 0. The summed E-state index contributed by atoms with van der Waals surface area (Å²) in [5.41, 5.74) is 3.23. The molecule has 0 saturated carbocycles. The van der Waals surface area contributed by atoms with E-state index >= 15 is 0 Å². The Morgan fingerprint density at radius 3 is 2.04 bits per heavy atom. The predicted octanol–water partition coefficient (Wildman–Crippen LogP) is 1.32. The molecule has 0 bridgehead atoms. The first-order chi connectivity index (χ1) is 12.9. The normalized spacial score (nSPS) is 14.4. The number of aryl methyl sites for hydroxylation is 2. The smallest absolute Gasteiger partial charge is 0.260 e. The molecule has 7 heteroatoms. The summed E-state index contributed by atoms with van der Waals surface area (Å²) in [6.45, 7) is 8.99. The minimum atomic E-state index is -0.0567. The molecule has 0 spiro atoms. The second-order valence-corrected chi connectivity index (χ2v) is 6.75. The van der Waals surface area contributed by atoms with E-state index in [1.54, 1.807) is 16.9 Å². The van der Waals surface area contributed by atoms with Crippen LogP contribution in [-0.4, -0.2) is 81.3 Å². The Hall–Kier alpha value is -2.12. The van der Waals surface area contributed by atoms with Crippen molar-refractivity contribution in [2.75, 3.05) is 59.7 Å². The molecule has 1 aliphatic rings. The first-order valence-corrected chi connectivity index (χ1v) is 9.26. The Morgan fingerprint density at radius 2 is 1.44 bits per heavy atom. The number of carbonyl (C=O) groups excluding carboxylic acids is 2. The van der Waals surface area contributed by atoms with Gasteiger partial charge < -0.3 is 24.0 Å². The molecule has 0 atom stereocenters. The zero-order valence-electron chi connectivity index (χ0n) is 16.7. The van der Waals surface area contributed by atoms with E-state index in [1.165, 1.54) is 0 Å². The summed E-state index contributed by atoms with van der Waals surface area (Å²) in [6.07, 6.45) is 0. The molecular formula is C20H30N2O5. The summed E-state index contributed by atoms with van der Waals surface area (Å²) in [4.78, 5) is 28.0. The molecular weight excluding hydrogens is 348 g/mol. The van der Waals surface area contributed by atoms with Gasteiger partial charge in [-0.25, -0.2) is 0 Å². The molecule has 1 heterocycles. The second kappa shape index (κ2) is 10.3. The number of carbonyl (C=O) groups is 2. The number of rotatable bonds is 8. The van der Waals surface area contributed by atoms with Crippen molar-refractivity contribution in [2.45, 2.75) is 20.8 Å². The number of hydrogen-bond acceptors (Lipinski definition) is 5. The fourth-order valence-corrected chi connectivity index (χ4v) is 2.97. The van der Waals surface area contributed by atoms with Crippen LogP contribution in [0, 0.1) is 20.8 Å². The molecule has 27 heavy (non-hydrogen) atoms. The number of benzene rings is 1. The van der Waals surface area contributed by atoms with Crippen molar-refractivity contribution in [3.63, 3.8) is 0 Å². The fraction of sp³-hybridized carbons (Fsp3) is 0.600. The molecule has 1 saturated heterocycles. The molecule has 2 rings (SSSR count). The molecule has 1 fully saturated rings. The third-order valence-electron chi connectivity index (χ3n) is 4.86. The van der Waals surface area contributed by atoms with Crippen LogP contribution in [0.4, 0.5) is 0 Å². The highest BCUT2D eigenvalue weighted by molar-refractivity contribution is 5.80. The number of piperazine rings is 1. The van der Waals surface area contributed by atoms with Crippen LogP contribution in [0.1, 0.15) is 16.7 Å². The Labute approximate surface area is 161 Å². The van der Waals surface area contributed by atoms with Crippen molar-refractivity contribution in [1.29, 1.82) is 0 Å². The first-order valence-electron chi connectivity index (χ1n) is 9.26. The summed E-state index contributed by atoms with van der Waals surface area (Å²) in [7, 11) is 1.59. The highest BCUT2D eigenvalue weighted by atomic mass is 16.5. The molecule has 0 aromatic heterocycles. The number of methoxy groups -OCH3 is 1. The Morgan fingerprint density at radius 1 is 0.889 bits per heavy atom. The minimum absolute atomic E-state index is 0.0131. The van der Waals surface area contributed by atoms with Gasteiger partial charge in [-0.2, -0.15) is 0 Å². The van der Waals surface area contributed by atoms with E-state index in [9.17, 15) is 9.59 Å². The van der Waals surface area contributed by atoms with E-state index in [4.69, 9.17) is 14.2 Å². The van der Waals surface area contributed by atoms with Crippen LogP contribution < -0.4 is 4.74 Å². The zero-order valence-corrected chi connectivity index (χ0v) is 16.7. The lowest BCUT2D eigenvalue weighted by atomic mass is 10.1. The molecule has 7 nitrogen and oxygen atoms in total. The largest absolute Gasteiger partial charge is 0.483 e. The molecule has 2 amide bonds. The zero-order chi connectivity index (χ0) is 19.8. The standard InChI is InChI=1S/C20H30N2O5/c1-15-5-6-16(2)20(17(15)3)27-14-19(24)22-9-7-21(8-10-22)18(23)13-26-12-11-25-4/h5-6H,7-14H2,1-4H3. The summed E-state index contributed by atoms with van der Waals surface area (Å²) in [5.74, 6) is 0.671. The van der Waals surface area contributed by atoms with Gasteiger partial charge in [0, 0.05) is 33.3 Å². The SMILES string of the molecule is COCCOCC(=O)N1CCN(C(=O)COc2c(C)ccc(C)c2C)CC1. The van der Waals surface area contributed by atoms with Gasteiger partial charge in [-0.05, 0) is 37.5 Å². The fourth-order valence-electron chi connectivity index (χ4n) is 2.97. The van der Waals surface area contributed by atoms with E-state index in [0.29, 0.717) is 39.4 Å². The monoisotopic (exact) mass is 378 g/mol. The van der Waals surface area contributed by atoms with Crippen molar-refractivity contribution in [2.24, 2.45) is 0 Å². The number of amides is 2. The lowest BCUT2D eigenvalue weighted by molar-refractivity contribution is -0.143. The highest BCUT2D eigenvalue weighted by Crippen LogP contribution is 2.25. The van der Waals surface area contributed by atoms with E-state index in [2.05, 4.69) is 6.07 Å². The lowest BCUT2D eigenvalue weighted by Crippen LogP contribution is -2.52. The molecule has 0 unspecified atom stereocenters. The Kier molecular flexibility index (Phi) is 8.06. The Bertz CT molecular complexity index is 654. The van der Waals surface area contributed by atoms with Crippen LogP contribution in [0.2, 0.25) is 0 Å². The average Bonchev–Trinajstić information content (AvgIpc) is 2.68. The third-order valence-corrected chi connectivity index (χ3v) is 4.86. The minimum Gasteiger partial charge on any atom is -0.483 e. The summed E-state index contributed by atoms with van der Waals surface area (Å²) in [6, 6.07) is 4.05. The second-order valence-electron chi connectivity index (χ2n) is 6.75. The maximum absolute atomic E-state index is 12.5. The van der Waals surface area contributed by atoms with E-state index in [-0.39, 0.29) is 25.0 Å². The van der Waals surface area contributed by atoms with Crippen molar-refractivity contribution in [3.8, 4) is 5.75 Å². The quantitative estimate of drug-likeness (QED) is 0.639. The van der Waals surface area contributed by atoms with Crippen LogP contribution in [0.15, 0.2) is 12.1 Å². The topological polar surface area (TPSA) is 68.3 Å². The molecule has 150 valence electrons. The van der Waals surface area contributed by atoms with Crippen LogP contribution in [0.5, 0.6) is 5.75 Å². The predicted molar refractivity (Wildman–Crippen MR) is 102 cm³/mol. The van der Waals surface area contributed by atoms with Gasteiger partial charge >= 0.3 is 0 Å². The number of ether oxygens (including phenoxy) is 3. The van der Waals surface area contributed by atoms with Gasteiger partial charge in [0.25, 0.3) is 5.91 Å². The lowest BCUT2D eigenvalue weighted by Gasteiger charge is -2.34. The number of hydrogen-bond donors (Lipinski definition) is 0. The van der Waals surface area contributed by atoms with Crippen molar-refractivity contribution >= 4 is 11.8 Å². The maximum atomic E-state index is 12.5. The molecule has 0 aliphatic carbocycles. The molecule has 1 aliphatic heterocycles. The third kappa shape index (κ3) is 5.94. The van der Waals surface area contributed by atoms with Crippen LogP contribution >= 0.6 is 0 Å². The highest BCUT2D eigenvalue weighted by Gasteiger charge is 2.24. The van der Waals surface area contributed by atoms with Crippen LogP contribution in [-0.2, 0) is 19.1 Å². The number of nitrogens with zero attached hydrogens (tertiary/aromatic N) is 2. The maximum Gasteiger partial charge on any atom is 0.260 e. The summed E-state index contributed by atoms with van der Waals surface area (Å²) < 4.78 is 16.0. The van der Waals surface area contributed by atoms with Gasteiger partial charge in [0.05, 0.1) is 13.2 Å². The van der Waals surface area contributed by atoms with Crippen LogP contribution in [0.3, 0.4) is 0 Å². The van der Waals surface area contributed by atoms with E-state index in [1.807, 2.05) is 26.8 Å². The summed E-state index contributed by atoms with van der Waals surface area (Å²) >= 11 is 0. The van der Waals surface area contributed by atoms with E-state index < -0.39 is 0 Å². The van der Waals surface area contributed by atoms with Gasteiger partial charge in [-0.1, -0.05) is 12.1 Å². The van der Waals surface area contributed by atoms with Gasteiger partial charge in [0.2, 0.25) is 5.91 Å². The average molecular weight is 378 g/mol. The van der Waals surface area contributed by atoms with Gasteiger partial charge in [-0.15, -0.1) is 0 Å². The molecule has 1 aromatic rings. The van der Waals surface area contributed by atoms with E-state index in [0.717, 1.165) is 22.4 Å². The van der Waals surface area contributed by atoms with Crippen molar-refractivity contribution in [3.05, 3.63) is 28.8 Å². The van der Waals surface area contributed by atoms with Gasteiger partial charge in [0.15, 0.2) is 6.61 Å².